The van der Waals surface area contributed by atoms with Crippen LogP contribution < -0.4 is 5.32 Å². The van der Waals surface area contributed by atoms with Crippen LogP contribution in [0.25, 0.3) is 0 Å². The van der Waals surface area contributed by atoms with Crippen LogP contribution in [0.5, 0.6) is 0 Å². The van der Waals surface area contributed by atoms with Gasteiger partial charge in [0.1, 0.15) is 22.1 Å². The second-order valence-corrected chi connectivity index (χ2v) is 4.31. The standard InChI is InChI=1S/C11H7BrF3N3/c1-5-16-9(12)4-10(17-5)18-8-3-6(13)2-7(14)11(8)15/h2-4H,1H3,(H,16,17,18). The van der Waals surface area contributed by atoms with Gasteiger partial charge in [0.05, 0.1) is 5.69 Å². The Morgan fingerprint density at radius 3 is 2.50 bits per heavy atom. The zero-order chi connectivity index (χ0) is 13.3. The van der Waals surface area contributed by atoms with E-state index in [1.54, 1.807) is 6.92 Å². The lowest BCUT2D eigenvalue weighted by molar-refractivity contribution is 0.498. The number of nitrogens with one attached hydrogen (secondary N) is 1. The van der Waals surface area contributed by atoms with Crippen LogP contribution in [0, 0.1) is 24.4 Å². The molecule has 0 saturated heterocycles. The van der Waals surface area contributed by atoms with Crippen LogP contribution in [0.3, 0.4) is 0 Å². The van der Waals surface area contributed by atoms with Crippen LogP contribution in [-0.4, -0.2) is 9.97 Å². The Hall–Kier alpha value is -1.63. The van der Waals surface area contributed by atoms with Crippen LogP contribution in [0.4, 0.5) is 24.7 Å². The fourth-order valence-electron chi connectivity index (χ4n) is 1.38. The van der Waals surface area contributed by atoms with E-state index < -0.39 is 17.5 Å². The number of rotatable bonds is 2. The molecule has 3 nitrogen and oxygen atoms in total. The van der Waals surface area contributed by atoms with Gasteiger partial charge in [-0.2, -0.15) is 0 Å². The Kier molecular flexibility index (Phi) is 3.51. The summed E-state index contributed by atoms with van der Waals surface area (Å²) in [5.74, 6) is -2.63. The molecule has 2 rings (SSSR count). The molecular formula is C11H7BrF3N3. The average Bonchev–Trinajstić information content (AvgIpc) is 2.23. The Bertz CT molecular complexity index is 584. The van der Waals surface area contributed by atoms with Gasteiger partial charge in [0.15, 0.2) is 11.6 Å². The van der Waals surface area contributed by atoms with E-state index in [0.717, 1.165) is 6.07 Å². The second-order valence-electron chi connectivity index (χ2n) is 3.50. The van der Waals surface area contributed by atoms with E-state index in [4.69, 9.17) is 0 Å². The Labute approximate surface area is 109 Å². The number of aryl methyl sites for hydroxylation is 1. The van der Waals surface area contributed by atoms with Gasteiger partial charge in [-0.25, -0.2) is 23.1 Å². The van der Waals surface area contributed by atoms with Crippen molar-refractivity contribution in [2.75, 3.05) is 5.32 Å². The minimum absolute atomic E-state index is 0.235. The molecule has 0 spiro atoms. The zero-order valence-electron chi connectivity index (χ0n) is 9.14. The maximum absolute atomic E-state index is 13.4. The van der Waals surface area contributed by atoms with Crippen LogP contribution in [0.15, 0.2) is 22.8 Å². The van der Waals surface area contributed by atoms with Crippen molar-refractivity contribution in [1.29, 1.82) is 0 Å². The second kappa shape index (κ2) is 4.93. The summed E-state index contributed by atoms with van der Waals surface area (Å²) in [6, 6.07) is 2.79. The number of hydrogen-bond acceptors (Lipinski definition) is 3. The molecule has 0 bridgehead atoms. The molecule has 0 unspecified atom stereocenters. The quantitative estimate of drug-likeness (QED) is 0.677. The third-order valence-electron chi connectivity index (χ3n) is 2.06. The van der Waals surface area contributed by atoms with Crippen molar-refractivity contribution in [3.8, 4) is 0 Å². The van der Waals surface area contributed by atoms with Crippen molar-refractivity contribution in [2.45, 2.75) is 6.92 Å². The van der Waals surface area contributed by atoms with Crippen molar-refractivity contribution in [1.82, 2.24) is 9.97 Å². The predicted octanol–water partition coefficient (Wildman–Crippen LogP) is 3.71. The molecule has 1 aromatic heterocycles. The Balaban J connectivity index is 2.39. The molecule has 0 amide bonds. The van der Waals surface area contributed by atoms with E-state index in [-0.39, 0.29) is 11.5 Å². The van der Waals surface area contributed by atoms with E-state index in [1.165, 1.54) is 6.07 Å². The van der Waals surface area contributed by atoms with Gasteiger partial charge in [0.2, 0.25) is 0 Å². The topological polar surface area (TPSA) is 37.8 Å². The number of aromatic nitrogens is 2. The van der Waals surface area contributed by atoms with E-state index in [0.29, 0.717) is 16.5 Å². The first-order valence-electron chi connectivity index (χ1n) is 4.88. The van der Waals surface area contributed by atoms with Gasteiger partial charge in [-0.1, -0.05) is 0 Å². The summed E-state index contributed by atoms with van der Waals surface area (Å²) in [6.45, 7) is 1.64. The lowest BCUT2D eigenvalue weighted by Crippen LogP contribution is -2.01. The fraction of sp³-hybridized carbons (Fsp3) is 0.0909. The van der Waals surface area contributed by atoms with Gasteiger partial charge in [0.25, 0.3) is 0 Å². The van der Waals surface area contributed by atoms with Crippen molar-refractivity contribution >= 4 is 27.4 Å². The summed E-state index contributed by atoms with van der Waals surface area (Å²) in [6.07, 6.45) is 0. The molecule has 94 valence electrons. The molecule has 1 N–H and O–H groups in total. The van der Waals surface area contributed by atoms with E-state index in [9.17, 15) is 13.2 Å². The van der Waals surface area contributed by atoms with Gasteiger partial charge in [-0.05, 0) is 22.9 Å². The van der Waals surface area contributed by atoms with E-state index in [2.05, 4.69) is 31.2 Å². The molecular weight excluding hydrogens is 311 g/mol. The van der Waals surface area contributed by atoms with E-state index in [1.807, 2.05) is 0 Å². The zero-order valence-corrected chi connectivity index (χ0v) is 10.7. The van der Waals surface area contributed by atoms with Gasteiger partial charge in [0, 0.05) is 18.2 Å². The third kappa shape index (κ3) is 2.79. The fourth-order valence-corrected chi connectivity index (χ4v) is 1.85. The molecule has 2 aromatic rings. The SMILES string of the molecule is Cc1nc(Br)cc(Nc2cc(F)cc(F)c2F)n1. The summed E-state index contributed by atoms with van der Waals surface area (Å²) >= 11 is 3.14. The summed E-state index contributed by atoms with van der Waals surface area (Å²) in [5.41, 5.74) is -0.322. The largest absolute Gasteiger partial charge is 0.338 e. The van der Waals surface area contributed by atoms with Crippen molar-refractivity contribution in [3.63, 3.8) is 0 Å². The molecule has 0 fully saturated rings. The van der Waals surface area contributed by atoms with E-state index >= 15 is 0 Å². The Morgan fingerprint density at radius 1 is 1.11 bits per heavy atom. The lowest BCUT2D eigenvalue weighted by atomic mass is 10.3. The first-order valence-corrected chi connectivity index (χ1v) is 5.68. The highest BCUT2D eigenvalue weighted by molar-refractivity contribution is 9.10. The number of halogens is 4. The molecule has 0 aliphatic heterocycles. The molecule has 1 heterocycles. The van der Waals surface area contributed by atoms with Crippen LogP contribution in [0.2, 0.25) is 0 Å². The molecule has 0 aliphatic carbocycles. The van der Waals surface area contributed by atoms with Gasteiger partial charge in [-0.3, -0.25) is 0 Å². The normalized spacial score (nSPS) is 10.5. The molecule has 0 atom stereocenters. The maximum Gasteiger partial charge on any atom is 0.182 e. The number of anilines is 2. The smallest absolute Gasteiger partial charge is 0.182 e. The van der Waals surface area contributed by atoms with Crippen LogP contribution in [0.1, 0.15) is 5.82 Å². The van der Waals surface area contributed by atoms with Gasteiger partial charge >= 0.3 is 0 Å². The van der Waals surface area contributed by atoms with Crippen LogP contribution >= 0.6 is 15.9 Å². The number of hydrogen-bond donors (Lipinski definition) is 1. The summed E-state index contributed by atoms with van der Waals surface area (Å²) < 4.78 is 39.9. The number of benzene rings is 1. The van der Waals surface area contributed by atoms with Gasteiger partial charge in [-0.15, -0.1) is 0 Å². The summed E-state index contributed by atoms with van der Waals surface area (Å²) in [5, 5.41) is 2.50. The summed E-state index contributed by atoms with van der Waals surface area (Å²) in [4.78, 5) is 7.92. The number of nitrogens with zero attached hydrogens (tertiary/aromatic N) is 2. The Morgan fingerprint density at radius 2 is 1.83 bits per heavy atom. The summed E-state index contributed by atoms with van der Waals surface area (Å²) in [7, 11) is 0. The van der Waals surface area contributed by atoms with Gasteiger partial charge < -0.3 is 5.32 Å². The van der Waals surface area contributed by atoms with Crippen molar-refractivity contribution < 1.29 is 13.2 Å². The highest BCUT2D eigenvalue weighted by Crippen LogP contribution is 2.23. The van der Waals surface area contributed by atoms with Crippen molar-refractivity contribution in [3.05, 3.63) is 46.1 Å². The molecule has 0 aliphatic rings. The minimum atomic E-state index is -1.26. The highest BCUT2D eigenvalue weighted by atomic mass is 79.9. The first kappa shape index (κ1) is 12.8. The first-order chi connectivity index (χ1) is 8.45. The molecule has 1 aromatic carbocycles. The highest BCUT2D eigenvalue weighted by Gasteiger charge is 2.12. The molecule has 0 radical (unpaired) electrons. The van der Waals surface area contributed by atoms with Crippen LogP contribution in [-0.2, 0) is 0 Å². The average molecular weight is 318 g/mol. The minimum Gasteiger partial charge on any atom is -0.338 e. The lowest BCUT2D eigenvalue weighted by Gasteiger charge is -2.08. The van der Waals surface area contributed by atoms with Crippen molar-refractivity contribution in [2.24, 2.45) is 0 Å². The molecule has 7 heteroatoms. The molecule has 0 saturated carbocycles. The molecule has 18 heavy (non-hydrogen) atoms. The maximum atomic E-state index is 13.4. The predicted molar refractivity (Wildman–Crippen MR) is 64.1 cm³/mol. The monoisotopic (exact) mass is 317 g/mol. The third-order valence-corrected chi connectivity index (χ3v) is 2.47.